The second-order valence-electron chi connectivity index (χ2n) is 7.55. The summed E-state index contributed by atoms with van der Waals surface area (Å²) in [5.74, 6) is -0.0856. The lowest BCUT2D eigenvalue weighted by Crippen LogP contribution is -2.39. The molecule has 3 heterocycles. The van der Waals surface area contributed by atoms with Gasteiger partial charge in [-0.1, -0.05) is 5.21 Å². The Morgan fingerprint density at radius 2 is 2.17 bits per heavy atom. The molecule has 0 aromatic carbocycles. The Kier molecular flexibility index (Phi) is 3.95. The molecule has 8 heteroatoms. The van der Waals surface area contributed by atoms with Crippen LogP contribution in [0, 0.1) is 6.92 Å². The Labute approximate surface area is 141 Å². The van der Waals surface area contributed by atoms with Crippen LogP contribution in [0.5, 0.6) is 0 Å². The first kappa shape index (κ1) is 16.6. The fraction of sp³-hybridized carbons (Fsp3) is 0.625. The first-order valence-corrected chi connectivity index (χ1v) is 8.10. The molecule has 3 rings (SSSR count). The summed E-state index contributed by atoms with van der Waals surface area (Å²) in [4.78, 5) is 14.5. The lowest BCUT2D eigenvalue weighted by molar-refractivity contribution is 0.0266. The Hall–Kier alpha value is -2.22. The van der Waals surface area contributed by atoms with Crippen molar-refractivity contribution in [2.24, 2.45) is 0 Å². The summed E-state index contributed by atoms with van der Waals surface area (Å²) in [6.07, 6.45) is 5.60. The molecule has 1 saturated heterocycles. The van der Waals surface area contributed by atoms with Gasteiger partial charge >= 0.3 is 0 Å². The monoisotopic (exact) mass is 332 g/mol. The van der Waals surface area contributed by atoms with Crippen molar-refractivity contribution in [2.75, 3.05) is 13.1 Å². The molecule has 8 nitrogen and oxygen atoms in total. The molecule has 1 atom stereocenters. The number of hydrogen-bond acceptors (Lipinski definition) is 5. The zero-order chi connectivity index (χ0) is 17.5. The van der Waals surface area contributed by atoms with Gasteiger partial charge in [0.25, 0.3) is 5.91 Å². The normalized spacial score (nSPS) is 21.5. The number of rotatable bonds is 3. The van der Waals surface area contributed by atoms with Crippen LogP contribution in [0.1, 0.15) is 43.2 Å². The van der Waals surface area contributed by atoms with Gasteiger partial charge in [-0.2, -0.15) is 5.10 Å². The van der Waals surface area contributed by atoms with E-state index in [0.717, 1.165) is 0 Å². The van der Waals surface area contributed by atoms with E-state index in [4.69, 9.17) is 0 Å². The molecule has 1 N–H and O–H groups in total. The molecule has 0 saturated carbocycles. The number of likely N-dealkylation sites (tertiary alicyclic amines) is 1. The Morgan fingerprint density at radius 1 is 1.42 bits per heavy atom. The Bertz CT molecular complexity index is 730. The van der Waals surface area contributed by atoms with Crippen molar-refractivity contribution in [3.05, 3.63) is 29.8 Å². The minimum atomic E-state index is -0.975. The first-order valence-electron chi connectivity index (χ1n) is 8.10. The molecule has 1 aliphatic heterocycles. The molecule has 0 bridgehead atoms. The van der Waals surface area contributed by atoms with Gasteiger partial charge < -0.3 is 10.0 Å². The molecule has 0 radical (unpaired) electrons. The van der Waals surface area contributed by atoms with Crippen LogP contribution in [0.4, 0.5) is 0 Å². The van der Waals surface area contributed by atoms with Gasteiger partial charge in [-0.15, -0.1) is 5.10 Å². The quantitative estimate of drug-likeness (QED) is 0.899. The molecule has 1 fully saturated rings. The van der Waals surface area contributed by atoms with Crippen molar-refractivity contribution in [1.29, 1.82) is 0 Å². The average Bonchev–Trinajstić information content (AvgIpc) is 3.18. The van der Waals surface area contributed by atoms with Gasteiger partial charge in [-0.05, 0) is 34.1 Å². The number of nitrogens with zero attached hydrogens (tertiary/aromatic N) is 6. The Balaban J connectivity index is 1.74. The van der Waals surface area contributed by atoms with Gasteiger partial charge in [0.2, 0.25) is 0 Å². The van der Waals surface area contributed by atoms with Crippen molar-refractivity contribution in [1.82, 2.24) is 29.7 Å². The number of β-amino-alcohol motifs (C(OH)–C–C–N with tert-alkyl or cyclic N) is 1. The minimum absolute atomic E-state index is 0.0856. The molecule has 0 aliphatic carbocycles. The summed E-state index contributed by atoms with van der Waals surface area (Å²) >= 11 is 0. The van der Waals surface area contributed by atoms with Crippen molar-refractivity contribution in [2.45, 2.75) is 51.8 Å². The third-order valence-corrected chi connectivity index (χ3v) is 4.36. The van der Waals surface area contributed by atoms with Gasteiger partial charge in [0.15, 0.2) is 0 Å². The fourth-order valence-corrected chi connectivity index (χ4v) is 2.96. The highest BCUT2D eigenvalue weighted by Crippen LogP contribution is 2.26. The van der Waals surface area contributed by atoms with Gasteiger partial charge in [0.05, 0.1) is 36.1 Å². The van der Waals surface area contributed by atoms with Crippen LogP contribution < -0.4 is 0 Å². The topological polar surface area (TPSA) is 89.1 Å². The number of hydrogen-bond donors (Lipinski definition) is 1. The summed E-state index contributed by atoms with van der Waals surface area (Å²) in [5.41, 5.74) is 0.149. The number of aryl methyl sites for hydroxylation is 1. The first-order chi connectivity index (χ1) is 11.2. The van der Waals surface area contributed by atoms with Crippen LogP contribution in [-0.2, 0) is 12.1 Å². The summed E-state index contributed by atoms with van der Waals surface area (Å²) in [5, 5.41) is 22.8. The average molecular weight is 332 g/mol. The molecule has 24 heavy (non-hydrogen) atoms. The molecule has 2 aromatic rings. The lowest BCUT2D eigenvalue weighted by atomic mass is 10.0. The van der Waals surface area contributed by atoms with Gasteiger partial charge in [-0.3, -0.25) is 9.48 Å². The lowest BCUT2D eigenvalue weighted by Gasteiger charge is -2.23. The number of carbonyl (C=O) groups excluding carboxylic acids is 1. The number of amides is 1. The molecule has 0 spiro atoms. The minimum Gasteiger partial charge on any atom is -0.386 e. The van der Waals surface area contributed by atoms with E-state index in [9.17, 15) is 9.90 Å². The van der Waals surface area contributed by atoms with Gasteiger partial charge in [0, 0.05) is 18.9 Å². The highest BCUT2D eigenvalue weighted by molar-refractivity contribution is 5.95. The molecule has 1 unspecified atom stereocenters. The summed E-state index contributed by atoms with van der Waals surface area (Å²) < 4.78 is 3.41. The van der Waals surface area contributed by atoms with E-state index in [1.165, 1.54) is 0 Å². The highest BCUT2D eigenvalue weighted by atomic mass is 16.3. The van der Waals surface area contributed by atoms with Crippen molar-refractivity contribution < 1.29 is 9.90 Å². The zero-order valence-corrected chi connectivity index (χ0v) is 14.6. The molecule has 130 valence electrons. The van der Waals surface area contributed by atoms with E-state index in [1.54, 1.807) is 28.2 Å². The maximum absolute atomic E-state index is 12.8. The van der Waals surface area contributed by atoms with Crippen LogP contribution in [0.3, 0.4) is 0 Å². The van der Waals surface area contributed by atoms with Gasteiger partial charge in [0.1, 0.15) is 5.60 Å². The standard InChI is InChI=1S/C16H24N6O2/c1-12-13(9-22(18-12)15(2,3)4)14(23)20-7-5-16(24,10-20)11-21-8-6-17-19-21/h6,8-9,24H,5,7,10-11H2,1-4H3. The molecular formula is C16H24N6O2. The second-order valence-corrected chi connectivity index (χ2v) is 7.55. The molecule has 1 amide bonds. The van der Waals surface area contributed by atoms with E-state index >= 15 is 0 Å². The predicted octanol–water partition coefficient (Wildman–Crippen LogP) is 0.815. The maximum Gasteiger partial charge on any atom is 0.257 e. The summed E-state index contributed by atoms with van der Waals surface area (Å²) in [6, 6.07) is 0. The molecular weight excluding hydrogens is 308 g/mol. The fourth-order valence-electron chi connectivity index (χ4n) is 2.96. The number of aliphatic hydroxyl groups is 1. The second kappa shape index (κ2) is 5.70. The van der Waals surface area contributed by atoms with Crippen LogP contribution in [-0.4, -0.2) is 59.4 Å². The van der Waals surface area contributed by atoms with E-state index in [2.05, 4.69) is 15.4 Å². The summed E-state index contributed by atoms with van der Waals surface area (Å²) in [7, 11) is 0. The summed E-state index contributed by atoms with van der Waals surface area (Å²) in [6.45, 7) is 9.10. The van der Waals surface area contributed by atoms with E-state index in [-0.39, 0.29) is 18.0 Å². The Morgan fingerprint density at radius 3 is 2.75 bits per heavy atom. The van der Waals surface area contributed by atoms with E-state index in [1.807, 2.05) is 32.4 Å². The zero-order valence-electron chi connectivity index (χ0n) is 14.6. The highest BCUT2D eigenvalue weighted by Gasteiger charge is 2.39. The molecule has 1 aliphatic rings. The molecule has 2 aromatic heterocycles. The third-order valence-electron chi connectivity index (χ3n) is 4.36. The van der Waals surface area contributed by atoms with Crippen LogP contribution in [0.2, 0.25) is 0 Å². The largest absolute Gasteiger partial charge is 0.386 e. The van der Waals surface area contributed by atoms with Crippen molar-refractivity contribution in [3.8, 4) is 0 Å². The smallest absolute Gasteiger partial charge is 0.257 e. The SMILES string of the molecule is Cc1nn(C(C)(C)C)cc1C(=O)N1CCC(O)(Cn2ccnn2)C1. The number of aromatic nitrogens is 5. The van der Waals surface area contributed by atoms with Crippen LogP contribution in [0.25, 0.3) is 0 Å². The van der Waals surface area contributed by atoms with E-state index in [0.29, 0.717) is 30.8 Å². The van der Waals surface area contributed by atoms with E-state index < -0.39 is 5.60 Å². The maximum atomic E-state index is 12.8. The van der Waals surface area contributed by atoms with Crippen molar-refractivity contribution in [3.63, 3.8) is 0 Å². The van der Waals surface area contributed by atoms with Crippen LogP contribution >= 0.6 is 0 Å². The van der Waals surface area contributed by atoms with Crippen molar-refractivity contribution >= 4 is 5.91 Å². The van der Waals surface area contributed by atoms with Crippen LogP contribution in [0.15, 0.2) is 18.6 Å². The third kappa shape index (κ3) is 3.19. The number of carbonyl (C=O) groups is 1. The predicted molar refractivity (Wildman–Crippen MR) is 87.5 cm³/mol. The van der Waals surface area contributed by atoms with Gasteiger partial charge in [-0.25, -0.2) is 4.68 Å².